The predicted octanol–water partition coefficient (Wildman–Crippen LogP) is 6.82. The van der Waals surface area contributed by atoms with Gasteiger partial charge in [-0.1, -0.05) is 78.3 Å². The van der Waals surface area contributed by atoms with Gasteiger partial charge in [0.05, 0.1) is 67.5 Å². The molecule has 4 aliphatic heterocycles. The summed E-state index contributed by atoms with van der Waals surface area (Å²) in [6.07, 6.45) is 9.17. The maximum atomic E-state index is 15.2. The lowest BCUT2D eigenvalue weighted by atomic mass is 9.78. The van der Waals surface area contributed by atoms with Crippen molar-refractivity contribution in [2.45, 2.75) is 169 Å². The van der Waals surface area contributed by atoms with E-state index in [0.717, 1.165) is 10.5 Å². The van der Waals surface area contributed by atoms with Crippen LogP contribution in [-0.2, 0) is 44.8 Å². The van der Waals surface area contributed by atoms with Crippen LogP contribution >= 0.6 is 0 Å². The van der Waals surface area contributed by atoms with Gasteiger partial charge in [-0.2, -0.15) is 0 Å². The quantitative estimate of drug-likeness (QED) is 0.0112. The van der Waals surface area contributed by atoms with Crippen LogP contribution in [0.2, 0.25) is 0 Å². The number of hydrogen-bond acceptors (Lipinski definition) is 20. The average Bonchev–Trinajstić information content (AvgIpc) is 1.31. The molecule has 104 heavy (non-hydrogen) atoms. The predicted molar refractivity (Wildman–Crippen MR) is 393 cm³/mol. The van der Waals surface area contributed by atoms with Gasteiger partial charge in [0.2, 0.25) is 22.7 Å². The van der Waals surface area contributed by atoms with Crippen molar-refractivity contribution in [2.24, 2.45) is 41.2 Å². The number of imide groups is 1. The fourth-order valence-electron chi connectivity index (χ4n) is 14.5. The first kappa shape index (κ1) is 78.6. The number of nitrogens with two attached hydrogens (primary N) is 1. The third-order valence-corrected chi connectivity index (χ3v) is 21.2. The number of aliphatic hydroxyl groups is 4. The Hall–Kier alpha value is -9.54. The number of piperidine rings is 1. The molecule has 0 radical (unpaired) electrons. The largest absolute Gasteiger partial charge is 0.507 e. The van der Waals surface area contributed by atoms with E-state index in [9.17, 15) is 63.9 Å². The third-order valence-electron chi connectivity index (χ3n) is 21.2. The van der Waals surface area contributed by atoms with Gasteiger partial charge in [-0.25, -0.2) is 9.78 Å². The van der Waals surface area contributed by atoms with Crippen molar-refractivity contribution in [2.75, 3.05) is 62.9 Å². The second kappa shape index (κ2) is 33.1. The van der Waals surface area contributed by atoms with Crippen molar-refractivity contribution in [3.63, 3.8) is 0 Å². The van der Waals surface area contributed by atoms with E-state index in [1.54, 1.807) is 58.0 Å². The molecule has 0 aliphatic carbocycles. The number of carbonyl (C=O) groups excluding carboxylic acids is 7. The number of nitrogens with zero attached hydrogens (tertiary/aromatic N) is 4. The minimum atomic E-state index is -2.02. The normalized spacial score (nSPS) is 24.7. The lowest BCUT2D eigenvalue weighted by molar-refractivity contribution is -0.928. The van der Waals surface area contributed by atoms with Gasteiger partial charge in [0.15, 0.2) is 28.2 Å². The van der Waals surface area contributed by atoms with Gasteiger partial charge in [0, 0.05) is 153 Å². The zero-order valence-corrected chi connectivity index (χ0v) is 61.2. The fraction of sp³-hybridized carbons (Fsp3) is 0.506. The molecule has 0 unspecified atom stereocenters. The lowest BCUT2D eigenvalue weighted by Crippen LogP contribution is -2.53. The van der Waals surface area contributed by atoms with Crippen molar-refractivity contribution >= 4 is 97.1 Å². The van der Waals surface area contributed by atoms with Crippen LogP contribution in [0.1, 0.15) is 124 Å². The maximum absolute atomic E-state index is 15.2. The summed E-state index contributed by atoms with van der Waals surface area (Å²) < 4.78 is 25.4. The number of nitrogens with one attached hydrogen (secondary N) is 4. The number of hydrogen-bond donors (Lipinski definition) is 10. The van der Waals surface area contributed by atoms with Gasteiger partial charge in [0.1, 0.15) is 29.2 Å². The molecule has 11 N–H and O–H groups in total. The highest BCUT2D eigenvalue weighted by molar-refractivity contribution is 6.17. The molecule has 5 heterocycles. The number of fused-ring (bicyclic) bond motifs is 2. The van der Waals surface area contributed by atoms with E-state index < -0.39 is 112 Å². The second-order valence-corrected chi connectivity index (χ2v) is 29.4. The van der Waals surface area contributed by atoms with Gasteiger partial charge in [-0.05, 0) is 63.7 Å². The Bertz CT molecular complexity index is 4410. The molecule has 0 spiro atoms. The van der Waals surface area contributed by atoms with Crippen LogP contribution in [0.3, 0.4) is 0 Å². The van der Waals surface area contributed by atoms with E-state index in [-0.39, 0.29) is 123 Å². The summed E-state index contributed by atoms with van der Waals surface area (Å²) in [5, 5.41) is 69.3. The van der Waals surface area contributed by atoms with Crippen LogP contribution in [-0.4, -0.2) is 171 Å². The Morgan fingerprint density at radius 2 is 1.52 bits per heavy atom. The molecule has 9 rings (SSSR count). The van der Waals surface area contributed by atoms with Crippen molar-refractivity contribution < 1.29 is 82.2 Å². The van der Waals surface area contributed by atoms with Crippen LogP contribution < -0.4 is 52.7 Å². The molecule has 11 atom stereocenters. The molecular weight excluding hydrogens is 1340 g/mol. The zero-order valence-electron chi connectivity index (χ0n) is 61.2. The second-order valence-electron chi connectivity index (χ2n) is 29.4. The highest BCUT2D eigenvalue weighted by Gasteiger charge is 2.45. The van der Waals surface area contributed by atoms with Crippen molar-refractivity contribution in [1.82, 2.24) is 20.5 Å². The Labute approximate surface area is 603 Å². The number of ether oxygens (including phenoxy) is 3. The molecule has 27 heteroatoms. The number of benzene rings is 4. The monoisotopic (exact) mass is 1440 g/mol. The number of Topliss-reactive ketones (excluding diaryl/α,β-unsaturated/α-hetero) is 1. The molecule has 1 fully saturated rings. The number of anilines is 3. The molecule has 27 nitrogen and oxygen atoms in total. The van der Waals surface area contributed by atoms with E-state index in [0.29, 0.717) is 74.0 Å². The summed E-state index contributed by atoms with van der Waals surface area (Å²) in [4.78, 5) is 128. The van der Waals surface area contributed by atoms with Crippen molar-refractivity contribution in [3.05, 3.63) is 121 Å². The highest BCUT2D eigenvalue weighted by Crippen LogP contribution is 2.43. The van der Waals surface area contributed by atoms with Crippen LogP contribution in [0.25, 0.3) is 38.7 Å². The van der Waals surface area contributed by atoms with Crippen LogP contribution in [0.4, 0.5) is 21.9 Å². The number of aromatic hydroxyl groups is 1. The number of methoxy groups -OCH3 is 1. The number of allylic oxidation sites excluding steroid dienone is 2. The van der Waals surface area contributed by atoms with Crippen LogP contribution in [0.5, 0.6) is 11.5 Å². The number of primary amides is 1. The number of phenols is 1. The minimum Gasteiger partial charge on any atom is -0.507 e. The van der Waals surface area contributed by atoms with Gasteiger partial charge in [-0.3, -0.25) is 43.3 Å². The first-order chi connectivity index (χ1) is 49.2. The zero-order chi connectivity index (χ0) is 76.0. The standard InChI is InChI=1S/C77H99N9O18/c1-40(2)62(81-56(89)21-14-13-15-32-85-57(90)26-27-58(85)91)52(87)36-48(20-17-31-79-76(78)100)75(99)80-49-24-22-47(23-25-49)39-86(10,11)51-28-33-84(34-29-51)50-37-53(88)63-55(38-50)103-72-64(82-63)59-60-69(95)46(8)71-61(59)73(97)77(9,104-71)102-35-30-54(101-12)43(5)67(93)45(7)68(94)44(6)66(92)41(3)18-16-19-42(4)74(98)83-65(72)70(60)96/h16,18-19,22-27,30,35,37-38,40-41,43-45,48,51,54,62,66-68,92-94H,13-15,17,20-21,28-29,31-34,36,39H2,1-12H3,(H7-,78,79,80,81,82,83,88,89,90,91,95,96,97,98,99,100)/p+1/b18-16+,35-30+,42-19-/t41-,43+,44+,45-,48+,54-,62-,66-,67+,68+,77-/m0/s1. The summed E-state index contributed by atoms with van der Waals surface area (Å²) in [5.74, 6) is -9.54. The van der Waals surface area contributed by atoms with Gasteiger partial charge >= 0.3 is 11.8 Å². The summed E-state index contributed by atoms with van der Waals surface area (Å²) in [7, 11) is 5.70. The molecule has 5 aromatic rings. The number of amides is 7. The highest BCUT2D eigenvalue weighted by atomic mass is 16.7. The number of ketones is 1. The average molecular weight is 1440 g/mol. The number of unbranched alkanes of at least 4 members (excludes halogenated alkanes) is 2. The molecule has 7 amide bonds. The van der Waals surface area contributed by atoms with Gasteiger partial charge in [-0.15, -0.1) is 0 Å². The van der Waals surface area contributed by atoms with E-state index >= 15 is 4.79 Å². The minimum absolute atomic E-state index is 0.0248. The molecule has 1 aromatic heterocycles. The van der Waals surface area contributed by atoms with E-state index in [1.807, 2.05) is 26.0 Å². The Morgan fingerprint density at radius 1 is 0.856 bits per heavy atom. The first-order valence-corrected chi connectivity index (χ1v) is 35.7. The van der Waals surface area contributed by atoms with Crippen LogP contribution in [0.15, 0.2) is 98.7 Å². The number of quaternary nitrogens is 1. The summed E-state index contributed by atoms with van der Waals surface area (Å²) >= 11 is 0. The molecule has 4 aliphatic rings. The molecule has 4 bridgehead atoms. The number of phenolic OH excluding ortho intramolecular Hbond substituents is 1. The first-order valence-electron chi connectivity index (χ1n) is 35.7. The molecule has 4 aromatic carbocycles. The maximum Gasteiger partial charge on any atom is 0.312 e. The van der Waals surface area contributed by atoms with Crippen molar-refractivity contribution in [1.29, 1.82) is 0 Å². The Kier molecular flexibility index (Phi) is 25.0. The molecule has 1 saturated heterocycles. The summed E-state index contributed by atoms with van der Waals surface area (Å²) in [6.45, 7) is 16.9. The molecular formula is C77H100N9O18+. The summed E-state index contributed by atoms with van der Waals surface area (Å²) in [6, 6.07) is 9.12. The van der Waals surface area contributed by atoms with Crippen LogP contribution in [0, 0.1) is 42.4 Å². The van der Waals surface area contributed by atoms with Gasteiger partial charge in [0.25, 0.3) is 17.7 Å². The SMILES string of the molecule is CO[C@H]1/C=C/O[C@@]2(C)Oc3c(C)c(O)c4c(=O)c(c5oc6cc(N7CCC([N+](C)(C)Cc8ccc(NC(=O)[C@H](CCCNC(N)=O)CC(=O)[C@@H](NC(=O)CCCCCN9C(=O)C=CC9=O)C(C)C)cc8)CC7)cc(=O)c6nc5c4c3=C2O)NC(=O)/C(C)=C\C=C\[C@H](C)[C@H](O)[C@@H](C)[C@@H](O)[C@@H](C)[C@H](O)[C@@H]1C. The third kappa shape index (κ3) is 17.3. The Morgan fingerprint density at radius 3 is 2.17 bits per heavy atom. The number of urea groups is 1. The fourth-order valence-corrected chi connectivity index (χ4v) is 14.5. The van der Waals surface area contributed by atoms with E-state index in [4.69, 9.17) is 29.3 Å². The number of rotatable bonds is 22. The molecule has 0 saturated carbocycles. The smallest absolute Gasteiger partial charge is 0.312 e. The Balaban J connectivity index is 0.931. The van der Waals surface area contributed by atoms with E-state index in [2.05, 4.69) is 40.3 Å². The number of aliphatic hydroxyl groups excluding tert-OH is 4. The van der Waals surface area contributed by atoms with Crippen molar-refractivity contribution in [3.8, 4) is 11.5 Å². The molecule has 560 valence electrons. The number of carbonyl (C=O) groups is 7. The topological polar surface area (TPSA) is 389 Å². The number of aromatic nitrogens is 1. The lowest BCUT2D eigenvalue weighted by Gasteiger charge is -2.43. The van der Waals surface area contributed by atoms with E-state index in [1.165, 1.54) is 64.5 Å². The summed E-state index contributed by atoms with van der Waals surface area (Å²) in [5.41, 5.74) is 4.87. The van der Waals surface area contributed by atoms with Gasteiger partial charge < -0.3 is 80.5 Å².